The molecular weight excluding hydrogens is 222 g/mol. The van der Waals surface area contributed by atoms with E-state index in [1.807, 2.05) is 0 Å². The molecule has 1 N–H and O–H groups in total. The first kappa shape index (κ1) is 15.1. The van der Waals surface area contributed by atoms with Gasteiger partial charge in [-0.15, -0.1) is 0 Å². The maximum Gasteiger partial charge on any atom is 0.115 e. The monoisotopic (exact) mass is 249 g/mol. The molecule has 3 nitrogen and oxygen atoms in total. The molecule has 102 valence electrons. The second kappa shape index (κ2) is 7.47. The maximum absolute atomic E-state index is 4.40. The number of nitrogens with zero attached hydrogens (tertiary/aromatic N) is 2. The summed E-state index contributed by atoms with van der Waals surface area (Å²) < 4.78 is 0. The molecule has 1 aromatic rings. The van der Waals surface area contributed by atoms with Crippen LogP contribution in [0.25, 0.3) is 0 Å². The van der Waals surface area contributed by atoms with Crippen molar-refractivity contribution in [2.75, 3.05) is 6.54 Å². The van der Waals surface area contributed by atoms with E-state index < -0.39 is 0 Å². The summed E-state index contributed by atoms with van der Waals surface area (Å²) in [4.78, 5) is 8.72. The van der Waals surface area contributed by atoms with Gasteiger partial charge in [0.1, 0.15) is 6.33 Å². The first-order valence-corrected chi connectivity index (χ1v) is 7.07. The Hall–Kier alpha value is -0.960. The first-order valence-electron chi connectivity index (χ1n) is 7.07. The van der Waals surface area contributed by atoms with Crippen LogP contribution < -0.4 is 5.32 Å². The predicted molar refractivity (Wildman–Crippen MR) is 76.7 cm³/mol. The predicted octanol–water partition coefficient (Wildman–Crippen LogP) is 3.17. The second-order valence-corrected chi connectivity index (χ2v) is 5.68. The molecule has 0 saturated heterocycles. The summed E-state index contributed by atoms with van der Waals surface area (Å²) in [5, 5.41) is 3.55. The normalized spacial score (nSPS) is 13.3. The van der Waals surface area contributed by atoms with Gasteiger partial charge in [-0.3, -0.25) is 0 Å². The van der Waals surface area contributed by atoms with Crippen LogP contribution in [-0.2, 0) is 6.42 Å². The van der Waals surface area contributed by atoms with E-state index in [1.54, 1.807) is 6.33 Å². The van der Waals surface area contributed by atoms with Crippen molar-refractivity contribution in [2.24, 2.45) is 5.92 Å². The lowest BCUT2D eigenvalue weighted by molar-refractivity contribution is 0.421. The Bertz CT molecular complexity index is 347. The van der Waals surface area contributed by atoms with Gasteiger partial charge in [0.05, 0.1) is 0 Å². The van der Waals surface area contributed by atoms with E-state index in [4.69, 9.17) is 0 Å². The number of aromatic nitrogens is 2. The van der Waals surface area contributed by atoms with Crippen LogP contribution in [0.3, 0.4) is 0 Å². The third-order valence-corrected chi connectivity index (χ3v) is 3.04. The van der Waals surface area contributed by atoms with Crippen LogP contribution in [0.2, 0.25) is 0 Å². The van der Waals surface area contributed by atoms with Crippen molar-refractivity contribution in [3.05, 3.63) is 23.8 Å². The highest BCUT2D eigenvalue weighted by atomic mass is 14.9. The molecule has 1 rings (SSSR count). The zero-order valence-electron chi connectivity index (χ0n) is 12.4. The van der Waals surface area contributed by atoms with Crippen LogP contribution in [0, 0.1) is 5.92 Å². The van der Waals surface area contributed by atoms with Gasteiger partial charge in [0, 0.05) is 23.9 Å². The smallest absolute Gasteiger partial charge is 0.115 e. The quantitative estimate of drug-likeness (QED) is 0.806. The highest BCUT2D eigenvalue weighted by Crippen LogP contribution is 2.14. The molecule has 1 heterocycles. The van der Waals surface area contributed by atoms with E-state index in [9.17, 15) is 0 Å². The molecule has 18 heavy (non-hydrogen) atoms. The molecule has 1 unspecified atom stereocenters. The number of hydrogen-bond donors (Lipinski definition) is 1. The lowest BCUT2D eigenvalue weighted by atomic mass is 9.98. The summed E-state index contributed by atoms with van der Waals surface area (Å²) >= 11 is 0. The molecule has 1 atom stereocenters. The van der Waals surface area contributed by atoms with Crippen molar-refractivity contribution in [1.29, 1.82) is 0 Å². The standard InChI is InChI=1S/C15H27N3/c1-6-16-13(7-11(2)3)8-14-9-15(12(4)5)18-10-17-14/h9-13,16H,6-8H2,1-5H3. The van der Waals surface area contributed by atoms with E-state index in [2.05, 4.69) is 56.0 Å². The van der Waals surface area contributed by atoms with Gasteiger partial charge in [0.25, 0.3) is 0 Å². The summed E-state index contributed by atoms with van der Waals surface area (Å²) in [6.45, 7) is 12.0. The third kappa shape index (κ3) is 5.13. The summed E-state index contributed by atoms with van der Waals surface area (Å²) in [6.07, 6.45) is 3.88. The summed E-state index contributed by atoms with van der Waals surface area (Å²) in [6, 6.07) is 2.67. The molecule has 0 amide bonds. The molecule has 0 aliphatic rings. The van der Waals surface area contributed by atoms with E-state index in [0.717, 1.165) is 24.4 Å². The van der Waals surface area contributed by atoms with Gasteiger partial charge in [-0.1, -0.05) is 34.6 Å². The lowest BCUT2D eigenvalue weighted by Crippen LogP contribution is -2.32. The van der Waals surface area contributed by atoms with Gasteiger partial charge in [-0.25, -0.2) is 9.97 Å². The SMILES string of the molecule is CCNC(Cc1cc(C(C)C)ncn1)CC(C)C. The van der Waals surface area contributed by atoms with Gasteiger partial charge >= 0.3 is 0 Å². The molecule has 0 saturated carbocycles. The minimum Gasteiger partial charge on any atom is -0.314 e. The molecular formula is C15H27N3. The fraction of sp³-hybridized carbons (Fsp3) is 0.733. The van der Waals surface area contributed by atoms with E-state index >= 15 is 0 Å². The molecule has 0 aliphatic heterocycles. The molecule has 0 bridgehead atoms. The van der Waals surface area contributed by atoms with Gasteiger partial charge in [-0.2, -0.15) is 0 Å². The molecule has 0 spiro atoms. The van der Waals surface area contributed by atoms with Crippen LogP contribution in [0.15, 0.2) is 12.4 Å². The minimum absolute atomic E-state index is 0.467. The zero-order chi connectivity index (χ0) is 13.5. The van der Waals surface area contributed by atoms with Crippen molar-refractivity contribution in [1.82, 2.24) is 15.3 Å². The average Bonchev–Trinajstić information content (AvgIpc) is 2.28. The molecule has 0 aliphatic carbocycles. The molecule has 0 radical (unpaired) electrons. The van der Waals surface area contributed by atoms with Crippen LogP contribution in [-0.4, -0.2) is 22.6 Å². The van der Waals surface area contributed by atoms with Gasteiger partial charge in [-0.05, 0) is 30.9 Å². The molecule has 0 fully saturated rings. The van der Waals surface area contributed by atoms with Crippen LogP contribution in [0.1, 0.15) is 58.3 Å². The number of rotatable bonds is 7. The van der Waals surface area contributed by atoms with Crippen LogP contribution >= 0.6 is 0 Å². The van der Waals surface area contributed by atoms with Crippen molar-refractivity contribution in [3.8, 4) is 0 Å². The summed E-state index contributed by atoms with van der Waals surface area (Å²) in [5.74, 6) is 1.18. The van der Waals surface area contributed by atoms with Gasteiger partial charge < -0.3 is 5.32 Å². The van der Waals surface area contributed by atoms with Crippen molar-refractivity contribution in [2.45, 2.75) is 59.4 Å². The van der Waals surface area contributed by atoms with E-state index in [1.165, 1.54) is 6.42 Å². The molecule has 1 aromatic heterocycles. The number of nitrogens with one attached hydrogen (secondary N) is 1. The maximum atomic E-state index is 4.40. The average molecular weight is 249 g/mol. The number of likely N-dealkylation sites (N-methyl/N-ethyl adjacent to an activating group) is 1. The van der Waals surface area contributed by atoms with Crippen molar-refractivity contribution < 1.29 is 0 Å². The molecule has 0 aromatic carbocycles. The Morgan fingerprint density at radius 3 is 2.44 bits per heavy atom. The fourth-order valence-corrected chi connectivity index (χ4v) is 2.19. The fourth-order valence-electron chi connectivity index (χ4n) is 2.19. The van der Waals surface area contributed by atoms with E-state index in [0.29, 0.717) is 17.9 Å². The van der Waals surface area contributed by atoms with Crippen LogP contribution in [0.5, 0.6) is 0 Å². The van der Waals surface area contributed by atoms with Gasteiger partial charge in [0.15, 0.2) is 0 Å². The van der Waals surface area contributed by atoms with Crippen molar-refractivity contribution in [3.63, 3.8) is 0 Å². The summed E-state index contributed by atoms with van der Waals surface area (Å²) in [5.41, 5.74) is 2.29. The van der Waals surface area contributed by atoms with E-state index in [-0.39, 0.29) is 0 Å². The minimum atomic E-state index is 0.467. The molecule has 3 heteroatoms. The number of hydrogen-bond acceptors (Lipinski definition) is 3. The van der Waals surface area contributed by atoms with Crippen molar-refractivity contribution >= 4 is 0 Å². The lowest BCUT2D eigenvalue weighted by Gasteiger charge is -2.19. The largest absolute Gasteiger partial charge is 0.314 e. The van der Waals surface area contributed by atoms with Crippen LogP contribution in [0.4, 0.5) is 0 Å². The second-order valence-electron chi connectivity index (χ2n) is 5.68. The first-order chi connectivity index (χ1) is 8.52. The third-order valence-electron chi connectivity index (χ3n) is 3.04. The topological polar surface area (TPSA) is 37.8 Å². The Morgan fingerprint density at radius 2 is 1.89 bits per heavy atom. The highest BCUT2D eigenvalue weighted by molar-refractivity contribution is 5.12. The zero-order valence-corrected chi connectivity index (χ0v) is 12.4. The highest BCUT2D eigenvalue weighted by Gasteiger charge is 2.12. The Labute approximate surface area is 111 Å². The summed E-state index contributed by atoms with van der Waals surface area (Å²) in [7, 11) is 0. The van der Waals surface area contributed by atoms with Gasteiger partial charge in [0.2, 0.25) is 0 Å². The Morgan fingerprint density at radius 1 is 1.17 bits per heavy atom. The Kier molecular flexibility index (Phi) is 6.27. The Balaban J connectivity index is 2.70.